The number of aromatic nitrogens is 4. The molecule has 0 N–H and O–H groups in total. The molecule has 0 saturated carbocycles. The number of carbonyl (C=O) groups excluding carboxylic acids is 1. The van der Waals surface area contributed by atoms with Gasteiger partial charge in [0.05, 0.1) is 30.9 Å². The lowest BCUT2D eigenvalue weighted by molar-refractivity contribution is 0.00670. The Morgan fingerprint density at radius 1 is 1.20 bits per heavy atom. The fourth-order valence-corrected chi connectivity index (χ4v) is 3.14. The molecule has 0 aliphatic carbocycles. The second kappa shape index (κ2) is 7.25. The van der Waals surface area contributed by atoms with Gasteiger partial charge in [0.1, 0.15) is 29.2 Å². The number of hydrogen-bond donors (Lipinski definition) is 0. The molecule has 0 saturated heterocycles. The zero-order valence-electron chi connectivity index (χ0n) is 17.0. The third kappa shape index (κ3) is 3.49. The summed E-state index contributed by atoms with van der Waals surface area (Å²) in [6.45, 7) is 5.33. The monoisotopic (exact) mass is 408 g/mol. The lowest BCUT2D eigenvalue weighted by Gasteiger charge is -2.25. The fourth-order valence-electron chi connectivity index (χ4n) is 3.14. The molecule has 0 spiro atoms. The van der Waals surface area contributed by atoms with Crippen LogP contribution in [0, 0.1) is 0 Å². The van der Waals surface area contributed by atoms with E-state index in [4.69, 9.17) is 14.2 Å². The van der Waals surface area contributed by atoms with Gasteiger partial charge < -0.3 is 14.2 Å². The van der Waals surface area contributed by atoms with E-state index in [2.05, 4.69) is 15.0 Å². The van der Waals surface area contributed by atoms with Crippen LogP contribution in [0.3, 0.4) is 0 Å². The standard InChI is InChI=1S/C21H20N4O5/c1-21(2,3)30-19(27)14-8-13-15(11-29-16-6-5-7-22-17(13)16)25(18(14)26)12-9-23-20(28-4)24-10-12/h5-10H,11H2,1-4H3. The Labute approximate surface area is 172 Å². The number of rotatable bonds is 3. The molecule has 0 bridgehead atoms. The van der Waals surface area contributed by atoms with Gasteiger partial charge >= 0.3 is 12.0 Å². The van der Waals surface area contributed by atoms with E-state index in [1.807, 2.05) is 0 Å². The van der Waals surface area contributed by atoms with Crippen LogP contribution in [0.4, 0.5) is 0 Å². The van der Waals surface area contributed by atoms with Crippen molar-refractivity contribution in [1.29, 1.82) is 0 Å². The molecule has 0 unspecified atom stereocenters. The van der Waals surface area contributed by atoms with Gasteiger partial charge in [-0.25, -0.2) is 14.8 Å². The zero-order valence-corrected chi connectivity index (χ0v) is 17.0. The van der Waals surface area contributed by atoms with Crippen molar-refractivity contribution < 1.29 is 19.0 Å². The topological polar surface area (TPSA) is 105 Å². The summed E-state index contributed by atoms with van der Waals surface area (Å²) in [6, 6.07) is 5.21. The van der Waals surface area contributed by atoms with Gasteiger partial charge in [0.25, 0.3) is 5.56 Å². The highest BCUT2D eigenvalue weighted by atomic mass is 16.6. The first-order valence-electron chi connectivity index (χ1n) is 9.25. The zero-order chi connectivity index (χ0) is 21.5. The Balaban J connectivity index is 1.98. The Morgan fingerprint density at radius 2 is 1.93 bits per heavy atom. The minimum absolute atomic E-state index is 0.113. The number of esters is 1. The van der Waals surface area contributed by atoms with Gasteiger partial charge in [0.15, 0.2) is 0 Å². The first-order chi connectivity index (χ1) is 14.3. The van der Waals surface area contributed by atoms with E-state index in [0.717, 1.165) is 0 Å². The van der Waals surface area contributed by atoms with Gasteiger partial charge in [-0.3, -0.25) is 14.3 Å². The number of nitrogens with zero attached hydrogens (tertiary/aromatic N) is 4. The van der Waals surface area contributed by atoms with Crippen LogP contribution < -0.4 is 15.0 Å². The predicted octanol–water partition coefficient (Wildman–Crippen LogP) is 2.55. The van der Waals surface area contributed by atoms with Crippen LogP contribution in [0.15, 0.2) is 41.6 Å². The molecule has 3 aromatic heterocycles. The number of carbonyl (C=O) groups is 1. The predicted molar refractivity (Wildman–Crippen MR) is 107 cm³/mol. The summed E-state index contributed by atoms with van der Waals surface area (Å²) in [7, 11) is 1.45. The number of hydrogen-bond acceptors (Lipinski definition) is 8. The molecule has 3 aromatic rings. The molecule has 0 aromatic carbocycles. The maximum absolute atomic E-state index is 13.3. The first kappa shape index (κ1) is 19.6. The van der Waals surface area contributed by atoms with Gasteiger partial charge in [-0.1, -0.05) is 0 Å². The van der Waals surface area contributed by atoms with Crippen LogP contribution in [0.5, 0.6) is 11.8 Å². The summed E-state index contributed by atoms with van der Waals surface area (Å²) in [5, 5.41) is 0. The number of methoxy groups -OCH3 is 1. The molecule has 4 heterocycles. The summed E-state index contributed by atoms with van der Waals surface area (Å²) in [5.41, 5.74) is 0.613. The van der Waals surface area contributed by atoms with E-state index < -0.39 is 17.1 Å². The highest BCUT2D eigenvalue weighted by Crippen LogP contribution is 2.36. The molecule has 154 valence electrons. The normalized spacial score (nSPS) is 12.4. The van der Waals surface area contributed by atoms with Crippen molar-refractivity contribution in [1.82, 2.24) is 19.5 Å². The van der Waals surface area contributed by atoms with E-state index in [1.165, 1.54) is 30.1 Å². The molecule has 9 nitrogen and oxygen atoms in total. The van der Waals surface area contributed by atoms with Crippen molar-refractivity contribution in [3.05, 3.63) is 58.4 Å². The minimum atomic E-state index is -0.757. The van der Waals surface area contributed by atoms with Crippen molar-refractivity contribution in [2.75, 3.05) is 7.11 Å². The Bertz CT molecular complexity index is 1180. The summed E-state index contributed by atoms with van der Waals surface area (Å²) < 4.78 is 17.6. The van der Waals surface area contributed by atoms with Gasteiger partial charge in [-0.15, -0.1) is 0 Å². The van der Waals surface area contributed by atoms with Crippen molar-refractivity contribution in [3.63, 3.8) is 0 Å². The molecular weight excluding hydrogens is 388 g/mol. The summed E-state index contributed by atoms with van der Waals surface area (Å²) in [6.07, 6.45) is 4.51. The molecule has 0 amide bonds. The van der Waals surface area contributed by atoms with Crippen LogP contribution in [0.2, 0.25) is 0 Å². The maximum atomic E-state index is 13.3. The lowest BCUT2D eigenvalue weighted by Crippen LogP contribution is -2.33. The molecular formula is C21H20N4O5. The third-order valence-electron chi connectivity index (χ3n) is 4.37. The van der Waals surface area contributed by atoms with Crippen molar-refractivity contribution in [3.8, 4) is 28.7 Å². The Hall–Kier alpha value is -3.75. The molecule has 4 rings (SSSR count). The van der Waals surface area contributed by atoms with Crippen LogP contribution >= 0.6 is 0 Å². The molecule has 0 radical (unpaired) electrons. The summed E-state index contributed by atoms with van der Waals surface area (Å²) in [5.74, 6) is -0.154. The van der Waals surface area contributed by atoms with E-state index >= 15 is 0 Å². The number of pyridine rings is 2. The van der Waals surface area contributed by atoms with E-state index in [9.17, 15) is 9.59 Å². The Morgan fingerprint density at radius 3 is 2.60 bits per heavy atom. The van der Waals surface area contributed by atoms with Crippen LogP contribution in [0.1, 0.15) is 36.8 Å². The first-order valence-corrected chi connectivity index (χ1v) is 9.25. The summed E-state index contributed by atoms with van der Waals surface area (Å²) in [4.78, 5) is 38.7. The van der Waals surface area contributed by atoms with Crippen LogP contribution in [-0.2, 0) is 11.3 Å². The number of fused-ring (bicyclic) bond motifs is 3. The SMILES string of the molecule is COc1ncc(-n2c3c(cc(C(=O)OC(C)(C)C)c2=O)-c2ncccc2OC3)cn1. The van der Waals surface area contributed by atoms with Gasteiger partial charge in [-0.05, 0) is 39.0 Å². The van der Waals surface area contributed by atoms with E-state index in [0.29, 0.717) is 28.4 Å². The van der Waals surface area contributed by atoms with E-state index in [-0.39, 0.29) is 18.2 Å². The second-order valence-corrected chi connectivity index (χ2v) is 7.63. The number of ether oxygens (including phenoxy) is 3. The molecule has 0 fully saturated rings. The van der Waals surface area contributed by atoms with Gasteiger partial charge in [0, 0.05) is 11.8 Å². The highest BCUT2D eigenvalue weighted by Gasteiger charge is 2.29. The third-order valence-corrected chi connectivity index (χ3v) is 4.37. The van der Waals surface area contributed by atoms with Gasteiger partial charge in [0.2, 0.25) is 0 Å². The molecule has 1 aliphatic rings. The average molecular weight is 408 g/mol. The quantitative estimate of drug-likeness (QED) is 0.609. The average Bonchev–Trinajstić information content (AvgIpc) is 2.72. The van der Waals surface area contributed by atoms with Gasteiger partial charge in [-0.2, -0.15) is 0 Å². The largest absolute Gasteiger partial charge is 0.485 e. The lowest BCUT2D eigenvalue weighted by atomic mass is 10.0. The molecule has 0 atom stereocenters. The second-order valence-electron chi connectivity index (χ2n) is 7.63. The fraction of sp³-hybridized carbons (Fsp3) is 0.286. The van der Waals surface area contributed by atoms with Crippen LogP contribution in [0.25, 0.3) is 16.9 Å². The Kier molecular flexibility index (Phi) is 4.73. The highest BCUT2D eigenvalue weighted by molar-refractivity contribution is 5.91. The van der Waals surface area contributed by atoms with Crippen molar-refractivity contribution in [2.45, 2.75) is 33.0 Å². The molecule has 1 aliphatic heterocycles. The van der Waals surface area contributed by atoms with Crippen LogP contribution in [-0.4, -0.2) is 38.2 Å². The molecule has 9 heteroatoms. The maximum Gasteiger partial charge on any atom is 0.344 e. The van der Waals surface area contributed by atoms with Crippen molar-refractivity contribution >= 4 is 5.97 Å². The molecule has 30 heavy (non-hydrogen) atoms. The van der Waals surface area contributed by atoms with E-state index in [1.54, 1.807) is 39.1 Å². The van der Waals surface area contributed by atoms with Crippen molar-refractivity contribution in [2.24, 2.45) is 0 Å². The summed E-state index contributed by atoms with van der Waals surface area (Å²) >= 11 is 0. The smallest absolute Gasteiger partial charge is 0.344 e. The minimum Gasteiger partial charge on any atom is -0.485 e.